The summed E-state index contributed by atoms with van der Waals surface area (Å²) in [7, 11) is 5.06. The van der Waals surface area contributed by atoms with Crippen LogP contribution in [0.1, 0.15) is 12.0 Å². The minimum atomic E-state index is 0.256. The summed E-state index contributed by atoms with van der Waals surface area (Å²) in [6.07, 6.45) is 2.93. The van der Waals surface area contributed by atoms with Crippen molar-refractivity contribution in [1.82, 2.24) is 10.6 Å². The number of amidine groups is 1. The lowest BCUT2D eigenvalue weighted by atomic mass is 10.2. The molecule has 3 N–H and O–H groups in total. The number of guanidine groups is 1. The summed E-state index contributed by atoms with van der Waals surface area (Å²) in [6.45, 7) is 6.13. The van der Waals surface area contributed by atoms with E-state index in [0.29, 0.717) is 18.4 Å². The number of nitrogens with one attached hydrogen (secondary N) is 3. The number of aliphatic imine (C=N–C) groups is 2. The Morgan fingerprint density at radius 1 is 1.40 bits per heavy atom. The van der Waals surface area contributed by atoms with Crippen LogP contribution in [0.5, 0.6) is 5.75 Å². The normalized spacial score (nSPS) is 18.1. The fraction of sp³-hybridized carbons (Fsp3) is 0.444. The molecule has 0 amide bonds. The first-order valence-corrected chi connectivity index (χ1v) is 8.29. The van der Waals surface area contributed by atoms with Crippen LogP contribution in [-0.2, 0) is 11.3 Å². The number of methoxy groups -OCH3 is 1. The smallest absolute Gasteiger partial charge is 0.201 e. The molecule has 0 saturated carbocycles. The Labute approximate surface area is 149 Å². The van der Waals surface area contributed by atoms with E-state index < -0.39 is 0 Å². The molecule has 0 spiro atoms. The summed E-state index contributed by atoms with van der Waals surface area (Å²) < 4.78 is 11.4. The lowest BCUT2D eigenvalue weighted by Gasteiger charge is -2.16. The molecule has 1 aliphatic rings. The summed E-state index contributed by atoms with van der Waals surface area (Å²) in [4.78, 5) is 8.27. The highest BCUT2D eigenvalue weighted by atomic mass is 16.5. The van der Waals surface area contributed by atoms with Gasteiger partial charge in [-0.15, -0.1) is 0 Å². The van der Waals surface area contributed by atoms with Crippen molar-refractivity contribution in [3.63, 3.8) is 0 Å². The second-order valence-corrected chi connectivity index (χ2v) is 5.59. The number of anilines is 1. The van der Waals surface area contributed by atoms with Crippen molar-refractivity contribution < 1.29 is 9.47 Å². The van der Waals surface area contributed by atoms with E-state index >= 15 is 0 Å². The standard InChI is InChI=1S/C18H27N5O2/c1-5-17(19-2)23-18(20-3)22-14-6-7-16(24-4)13(10-14)12-25-15-8-9-21-11-15/h5-7,10,15,21H,1,8-9,11-12H2,2-4H3,(H2,19,20,22,23). The topological polar surface area (TPSA) is 79.3 Å². The quantitative estimate of drug-likeness (QED) is 0.541. The number of rotatable bonds is 6. The monoisotopic (exact) mass is 345 g/mol. The highest BCUT2D eigenvalue weighted by Gasteiger charge is 2.16. The van der Waals surface area contributed by atoms with E-state index in [9.17, 15) is 0 Å². The molecule has 1 saturated heterocycles. The summed E-state index contributed by atoms with van der Waals surface area (Å²) in [5.74, 6) is 2.03. The minimum Gasteiger partial charge on any atom is -0.496 e. The molecule has 1 aliphatic heterocycles. The molecule has 2 rings (SSSR count). The van der Waals surface area contributed by atoms with Crippen LogP contribution in [0.4, 0.5) is 5.69 Å². The zero-order chi connectivity index (χ0) is 18.1. The number of hydrogen-bond donors (Lipinski definition) is 3. The second-order valence-electron chi connectivity index (χ2n) is 5.59. The van der Waals surface area contributed by atoms with E-state index in [2.05, 4.69) is 32.5 Å². The minimum absolute atomic E-state index is 0.256. The van der Waals surface area contributed by atoms with Gasteiger partial charge in [-0.2, -0.15) is 0 Å². The zero-order valence-corrected chi connectivity index (χ0v) is 15.1. The van der Waals surface area contributed by atoms with Crippen molar-refractivity contribution in [3.05, 3.63) is 36.4 Å². The van der Waals surface area contributed by atoms with Gasteiger partial charge in [-0.05, 0) is 37.2 Å². The molecule has 25 heavy (non-hydrogen) atoms. The van der Waals surface area contributed by atoms with Gasteiger partial charge in [-0.3, -0.25) is 9.98 Å². The van der Waals surface area contributed by atoms with Gasteiger partial charge >= 0.3 is 0 Å². The van der Waals surface area contributed by atoms with Gasteiger partial charge in [0.1, 0.15) is 11.6 Å². The molecular weight excluding hydrogens is 318 g/mol. The molecule has 0 radical (unpaired) electrons. The second kappa shape index (κ2) is 9.80. The lowest BCUT2D eigenvalue weighted by molar-refractivity contribution is 0.0531. The van der Waals surface area contributed by atoms with Crippen LogP contribution in [0.15, 0.2) is 40.8 Å². The molecule has 7 nitrogen and oxygen atoms in total. The highest BCUT2D eigenvalue weighted by Crippen LogP contribution is 2.24. The first kappa shape index (κ1) is 19.0. The van der Waals surface area contributed by atoms with E-state index in [-0.39, 0.29) is 6.10 Å². The molecule has 1 aromatic rings. The Balaban J connectivity index is 2.07. The summed E-state index contributed by atoms with van der Waals surface area (Å²) >= 11 is 0. The Hall–Kier alpha value is -2.38. The average Bonchev–Trinajstić information content (AvgIpc) is 3.17. The maximum atomic E-state index is 5.97. The maximum absolute atomic E-state index is 5.97. The summed E-state index contributed by atoms with van der Waals surface area (Å²) in [6, 6.07) is 5.86. The Morgan fingerprint density at radius 2 is 2.24 bits per heavy atom. The summed E-state index contributed by atoms with van der Waals surface area (Å²) in [5.41, 5.74) is 1.87. The number of nitrogens with zero attached hydrogens (tertiary/aromatic N) is 2. The third-order valence-electron chi connectivity index (χ3n) is 3.94. The Kier molecular flexibility index (Phi) is 7.43. The molecule has 1 aromatic carbocycles. The molecule has 136 valence electrons. The van der Waals surface area contributed by atoms with Crippen molar-refractivity contribution >= 4 is 17.5 Å². The van der Waals surface area contributed by atoms with Gasteiger partial charge in [0.2, 0.25) is 5.96 Å². The van der Waals surface area contributed by atoms with E-state index in [1.165, 1.54) is 0 Å². The van der Waals surface area contributed by atoms with Crippen molar-refractivity contribution in [2.45, 2.75) is 19.1 Å². The maximum Gasteiger partial charge on any atom is 0.201 e. The average molecular weight is 345 g/mol. The van der Waals surface area contributed by atoms with Gasteiger partial charge in [-0.25, -0.2) is 0 Å². The number of benzene rings is 1. The van der Waals surface area contributed by atoms with E-state index in [1.54, 1.807) is 27.3 Å². The number of ether oxygens (including phenoxy) is 2. The molecule has 0 aromatic heterocycles. The largest absolute Gasteiger partial charge is 0.496 e. The van der Waals surface area contributed by atoms with Gasteiger partial charge in [-0.1, -0.05) is 6.58 Å². The van der Waals surface area contributed by atoms with Gasteiger partial charge in [0.15, 0.2) is 0 Å². The predicted molar refractivity (Wildman–Crippen MR) is 103 cm³/mol. The van der Waals surface area contributed by atoms with E-state index in [1.807, 2.05) is 18.2 Å². The first-order valence-electron chi connectivity index (χ1n) is 8.29. The van der Waals surface area contributed by atoms with Crippen LogP contribution in [0.25, 0.3) is 0 Å². The Morgan fingerprint density at radius 3 is 2.84 bits per heavy atom. The third-order valence-corrected chi connectivity index (χ3v) is 3.94. The van der Waals surface area contributed by atoms with Gasteiger partial charge in [0.25, 0.3) is 0 Å². The SMILES string of the molecule is C=CC(=NC)NC(=NC)Nc1ccc(OC)c(COC2CCNC2)c1. The van der Waals surface area contributed by atoms with E-state index in [4.69, 9.17) is 9.47 Å². The first-order chi connectivity index (χ1) is 12.2. The molecule has 1 unspecified atom stereocenters. The molecule has 0 bridgehead atoms. The van der Waals surface area contributed by atoms with Gasteiger partial charge in [0, 0.05) is 31.9 Å². The Bertz CT molecular complexity index is 636. The van der Waals surface area contributed by atoms with Crippen LogP contribution >= 0.6 is 0 Å². The predicted octanol–water partition coefficient (Wildman–Crippen LogP) is 1.78. The van der Waals surface area contributed by atoms with Crippen molar-refractivity contribution in [2.75, 3.05) is 39.6 Å². The van der Waals surface area contributed by atoms with Crippen LogP contribution < -0.4 is 20.7 Å². The van der Waals surface area contributed by atoms with Crippen LogP contribution in [-0.4, -0.2) is 52.2 Å². The molecular formula is C18H27N5O2. The van der Waals surface area contributed by atoms with Crippen LogP contribution in [0.2, 0.25) is 0 Å². The third kappa shape index (κ3) is 5.58. The van der Waals surface area contributed by atoms with Gasteiger partial charge < -0.3 is 25.4 Å². The van der Waals surface area contributed by atoms with Gasteiger partial charge in [0.05, 0.1) is 19.8 Å². The van der Waals surface area contributed by atoms with Crippen molar-refractivity contribution in [3.8, 4) is 5.75 Å². The van der Waals surface area contributed by atoms with Crippen molar-refractivity contribution in [2.24, 2.45) is 9.98 Å². The zero-order valence-electron chi connectivity index (χ0n) is 15.1. The molecule has 1 atom stereocenters. The number of hydrogen-bond acceptors (Lipinski definition) is 5. The lowest BCUT2D eigenvalue weighted by Crippen LogP contribution is -2.34. The highest BCUT2D eigenvalue weighted by molar-refractivity contribution is 6.09. The van der Waals surface area contributed by atoms with Crippen LogP contribution in [0, 0.1) is 0 Å². The fourth-order valence-electron chi connectivity index (χ4n) is 2.55. The fourth-order valence-corrected chi connectivity index (χ4v) is 2.55. The molecule has 0 aliphatic carbocycles. The van der Waals surface area contributed by atoms with Crippen molar-refractivity contribution in [1.29, 1.82) is 0 Å². The van der Waals surface area contributed by atoms with E-state index in [0.717, 1.165) is 36.5 Å². The molecule has 1 fully saturated rings. The molecule has 1 heterocycles. The summed E-state index contributed by atoms with van der Waals surface area (Å²) in [5, 5.41) is 9.61. The van der Waals surface area contributed by atoms with Crippen LogP contribution in [0.3, 0.4) is 0 Å². The molecule has 7 heteroatoms.